The molecule has 1 atom stereocenters. The summed E-state index contributed by atoms with van der Waals surface area (Å²) in [6.45, 7) is 1.83. The normalized spacial score (nSPS) is 18.1. The lowest BCUT2D eigenvalue weighted by molar-refractivity contribution is -0.384. The van der Waals surface area contributed by atoms with Crippen LogP contribution >= 0.6 is 11.6 Å². The van der Waals surface area contributed by atoms with Crippen LogP contribution in [0.15, 0.2) is 18.2 Å². The molecule has 2 rings (SSSR count). The van der Waals surface area contributed by atoms with Gasteiger partial charge in [-0.25, -0.2) is 4.79 Å². The Balaban J connectivity index is 2.03. The lowest BCUT2D eigenvalue weighted by Crippen LogP contribution is -2.29. The van der Waals surface area contributed by atoms with Crippen molar-refractivity contribution >= 4 is 29.1 Å². The summed E-state index contributed by atoms with van der Waals surface area (Å²) in [6.07, 6.45) is -0.176. The molecule has 1 aliphatic rings. The predicted molar refractivity (Wildman–Crippen MR) is 74.5 cm³/mol. The van der Waals surface area contributed by atoms with Gasteiger partial charge in [-0.3, -0.25) is 10.1 Å². The smallest absolute Gasteiger partial charge is 0.404 e. The number of nitro groups is 1. The van der Waals surface area contributed by atoms with Crippen LogP contribution < -0.4 is 10.2 Å². The van der Waals surface area contributed by atoms with Gasteiger partial charge in [0, 0.05) is 31.8 Å². The molecule has 0 bridgehead atoms. The van der Waals surface area contributed by atoms with Crippen LogP contribution in [0.4, 0.5) is 16.2 Å². The molecule has 20 heavy (non-hydrogen) atoms. The van der Waals surface area contributed by atoms with E-state index >= 15 is 0 Å². The number of amides is 1. The molecule has 1 heterocycles. The summed E-state index contributed by atoms with van der Waals surface area (Å²) < 4.78 is 0. The van der Waals surface area contributed by atoms with Crippen molar-refractivity contribution in [1.82, 2.24) is 5.32 Å². The molecule has 0 aromatic heterocycles. The van der Waals surface area contributed by atoms with E-state index in [9.17, 15) is 14.9 Å². The Hall–Kier alpha value is -2.02. The van der Waals surface area contributed by atoms with Gasteiger partial charge >= 0.3 is 6.09 Å². The molecular formula is C12H14ClN3O4. The number of halogens is 1. The third-order valence-electron chi connectivity index (χ3n) is 3.31. The highest BCUT2D eigenvalue weighted by atomic mass is 35.5. The third kappa shape index (κ3) is 3.30. The number of nitro benzene ring substituents is 1. The van der Waals surface area contributed by atoms with Gasteiger partial charge in [-0.1, -0.05) is 11.6 Å². The van der Waals surface area contributed by atoms with Crippen molar-refractivity contribution in [2.24, 2.45) is 5.92 Å². The van der Waals surface area contributed by atoms with Gasteiger partial charge in [0.1, 0.15) is 0 Å². The summed E-state index contributed by atoms with van der Waals surface area (Å²) in [4.78, 5) is 22.6. The summed E-state index contributed by atoms with van der Waals surface area (Å²) in [5.41, 5.74) is 0.706. The van der Waals surface area contributed by atoms with E-state index in [1.165, 1.54) is 12.1 Å². The van der Waals surface area contributed by atoms with Crippen molar-refractivity contribution in [2.45, 2.75) is 6.42 Å². The van der Waals surface area contributed by atoms with Crippen LogP contribution in [0.1, 0.15) is 6.42 Å². The van der Waals surface area contributed by atoms with Crippen molar-refractivity contribution in [2.75, 3.05) is 24.5 Å². The summed E-state index contributed by atoms with van der Waals surface area (Å²) >= 11 is 6.07. The SMILES string of the molecule is O=C(O)NC[C@H]1CCN(c2ccc([N+](=O)[O-])cc2Cl)C1. The van der Waals surface area contributed by atoms with Gasteiger partial charge in [-0.05, 0) is 18.4 Å². The average molecular weight is 300 g/mol. The number of carboxylic acid groups (broad SMARTS) is 1. The van der Waals surface area contributed by atoms with Gasteiger partial charge in [0.2, 0.25) is 0 Å². The second-order valence-corrected chi connectivity index (χ2v) is 5.09. The van der Waals surface area contributed by atoms with Gasteiger partial charge in [-0.15, -0.1) is 0 Å². The Labute approximate surface area is 120 Å². The van der Waals surface area contributed by atoms with Crippen LogP contribution in [-0.2, 0) is 0 Å². The lowest BCUT2D eigenvalue weighted by Gasteiger charge is -2.19. The second kappa shape index (κ2) is 5.96. The fourth-order valence-corrected chi connectivity index (χ4v) is 2.61. The van der Waals surface area contributed by atoms with Crippen molar-refractivity contribution in [3.63, 3.8) is 0 Å². The molecule has 1 aliphatic heterocycles. The summed E-state index contributed by atoms with van der Waals surface area (Å²) in [5, 5.41) is 21.9. The largest absolute Gasteiger partial charge is 0.465 e. The number of non-ortho nitro benzene ring substituents is 1. The molecule has 0 spiro atoms. The van der Waals surface area contributed by atoms with E-state index in [4.69, 9.17) is 16.7 Å². The van der Waals surface area contributed by atoms with E-state index in [2.05, 4.69) is 5.32 Å². The zero-order valence-corrected chi connectivity index (χ0v) is 11.3. The monoisotopic (exact) mass is 299 g/mol. The number of anilines is 1. The molecule has 7 nitrogen and oxygen atoms in total. The van der Waals surface area contributed by atoms with Crippen LogP contribution in [0.25, 0.3) is 0 Å². The van der Waals surface area contributed by atoms with E-state index in [0.717, 1.165) is 18.7 Å². The molecule has 8 heteroatoms. The zero-order valence-electron chi connectivity index (χ0n) is 10.6. The first-order valence-corrected chi connectivity index (χ1v) is 6.51. The highest BCUT2D eigenvalue weighted by Gasteiger charge is 2.25. The van der Waals surface area contributed by atoms with Crippen molar-refractivity contribution in [3.8, 4) is 0 Å². The standard InChI is InChI=1S/C12H14ClN3O4/c13-10-5-9(16(19)20)1-2-11(10)15-4-3-8(7-15)6-14-12(17)18/h1-2,5,8,14H,3-4,6-7H2,(H,17,18)/t8-/m1/s1. The van der Waals surface area contributed by atoms with E-state index in [0.29, 0.717) is 18.1 Å². The molecule has 1 aromatic carbocycles. The molecular weight excluding hydrogens is 286 g/mol. The maximum absolute atomic E-state index is 10.7. The number of hydrogen-bond donors (Lipinski definition) is 2. The summed E-state index contributed by atoms with van der Waals surface area (Å²) in [7, 11) is 0. The summed E-state index contributed by atoms with van der Waals surface area (Å²) in [5.74, 6) is 0.220. The minimum absolute atomic E-state index is 0.0398. The van der Waals surface area contributed by atoms with Crippen molar-refractivity contribution in [1.29, 1.82) is 0 Å². The molecule has 2 N–H and O–H groups in total. The zero-order chi connectivity index (χ0) is 14.7. The Bertz CT molecular complexity index is 537. The van der Waals surface area contributed by atoms with Crippen LogP contribution in [0.5, 0.6) is 0 Å². The Morgan fingerprint density at radius 2 is 2.35 bits per heavy atom. The Morgan fingerprint density at radius 3 is 2.95 bits per heavy atom. The van der Waals surface area contributed by atoms with E-state index in [1.807, 2.05) is 4.90 Å². The molecule has 108 valence electrons. The van der Waals surface area contributed by atoms with Crippen LogP contribution in [0.3, 0.4) is 0 Å². The van der Waals surface area contributed by atoms with Crippen LogP contribution in [-0.4, -0.2) is 35.8 Å². The predicted octanol–water partition coefficient (Wildman–Crippen LogP) is 2.34. The Kier molecular flexibility index (Phi) is 4.29. The first kappa shape index (κ1) is 14.4. The van der Waals surface area contributed by atoms with E-state index < -0.39 is 11.0 Å². The van der Waals surface area contributed by atoms with E-state index in [1.54, 1.807) is 6.07 Å². The first-order chi connectivity index (χ1) is 9.47. The lowest BCUT2D eigenvalue weighted by atomic mass is 10.1. The van der Waals surface area contributed by atoms with Gasteiger partial charge in [0.05, 0.1) is 15.6 Å². The molecule has 0 radical (unpaired) electrons. The highest BCUT2D eigenvalue weighted by molar-refractivity contribution is 6.33. The number of carbonyl (C=O) groups is 1. The quantitative estimate of drug-likeness (QED) is 0.657. The van der Waals surface area contributed by atoms with Gasteiger partial charge < -0.3 is 15.3 Å². The van der Waals surface area contributed by atoms with Gasteiger partial charge in [-0.2, -0.15) is 0 Å². The second-order valence-electron chi connectivity index (χ2n) is 4.68. The van der Waals surface area contributed by atoms with Crippen molar-refractivity contribution in [3.05, 3.63) is 33.3 Å². The highest BCUT2D eigenvalue weighted by Crippen LogP contribution is 2.32. The number of nitrogens with one attached hydrogen (secondary N) is 1. The van der Waals surface area contributed by atoms with Crippen LogP contribution in [0, 0.1) is 16.0 Å². The fourth-order valence-electron chi connectivity index (χ4n) is 2.32. The van der Waals surface area contributed by atoms with Gasteiger partial charge in [0.25, 0.3) is 5.69 Å². The maximum atomic E-state index is 10.7. The average Bonchev–Trinajstić information content (AvgIpc) is 2.84. The maximum Gasteiger partial charge on any atom is 0.404 e. The minimum Gasteiger partial charge on any atom is -0.465 e. The number of hydrogen-bond acceptors (Lipinski definition) is 4. The van der Waals surface area contributed by atoms with Crippen molar-refractivity contribution < 1.29 is 14.8 Å². The molecule has 0 saturated carbocycles. The van der Waals surface area contributed by atoms with Gasteiger partial charge in [0.15, 0.2) is 0 Å². The summed E-state index contributed by atoms with van der Waals surface area (Å²) in [6, 6.07) is 4.39. The molecule has 1 fully saturated rings. The number of benzene rings is 1. The number of rotatable bonds is 4. The third-order valence-corrected chi connectivity index (χ3v) is 3.61. The van der Waals surface area contributed by atoms with E-state index in [-0.39, 0.29) is 11.6 Å². The molecule has 0 aliphatic carbocycles. The molecule has 1 aromatic rings. The Morgan fingerprint density at radius 1 is 1.60 bits per heavy atom. The first-order valence-electron chi connectivity index (χ1n) is 6.13. The molecule has 0 unspecified atom stereocenters. The number of nitrogens with zero attached hydrogens (tertiary/aromatic N) is 2. The fraction of sp³-hybridized carbons (Fsp3) is 0.417. The van der Waals surface area contributed by atoms with Crippen LogP contribution in [0.2, 0.25) is 5.02 Å². The minimum atomic E-state index is -1.03. The molecule has 1 amide bonds. The topological polar surface area (TPSA) is 95.7 Å². The molecule has 1 saturated heterocycles.